The van der Waals surface area contributed by atoms with Crippen molar-refractivity contribution in [3.63, 3.8) is 0 Å². The van der Waals surface area contributed by atoms with E-state index < -0.39 is 18.9 Å². The van der Waals surface area contributed by atoms with Crippen LogP contribution in [0.2, 0.25) is 0 Å². The number of carbonyl (C=O) groups is 1. The molecule has 1 aromatic heterocycles. The molecular weight excluding hydrogens is 509 g/mol. The molecule has 0 saturated carbocycles. The second-order valence-corrected chi connectivity index (χ2v) is 7.43. The van der Waals surface area contributed by atoms with Crippen molar-refractivity contribution in [1.29, 1.82) is 0 Å². The summed E-state index contributed by atoms with van der Waals surface area (Å²) in [7, 11) is 0. The fraction of sp³-hybridized carbons (Fsp3) is 0.389. The number of ether oxygens (including phenoxy) is 3. The molecule has 3 rings (SSSR count). The quantitative estimate of drug-likeness (QED) is 0.311. The minimum absolute atomic E-state index is 0. The van der Waals surface area contributed by atoms with E-state index in [-0.39, 0.29) is 42.3 Å². The number of H-pyrrole nitrogens is 1. The van der Waals surface area contributed by atoms with E-state index in [9.17, 15) is 5.11 Å². The Kier molecular flexibility index (Phi) is 10.9. The van der Waals surface area contributed by atoms with Crippen molar-refractivity contribution in [2.45, 2.75) is 38.3 Å². The van der Waals surface area contributed by atoms with Gasteiger partial charge in [-0.1, -0.05) is 5.92 Å². The number of carbonyl (C=O) groups excluding carboxylic acids is 1. The number of carboxylic acid groups (broad SMARTS) is 1. The number of hydrogen-bond donors (Lipinski definition) is 2. The third kappa shape index (κ3) is 6.39. The SMILES string of the molecule is C#CCOc1c(Br)cc2[nH]cc(OC3CC(O)CC(C)O3)c2c1Br.O=C[O-].[Na+]. The zero-order chi connectivity index (χ0) is 20.0. The van der Waals surface area contributed by atoms with Gasteiger partial charge in [0, 0.05) is 19.1 Å². The molecule has 28 heavy (non-hydrogen) atoms. The molecule has 3 unspecified atom stereocenters. The molecule has 2 heterocycles. The van der Waals surface area contributed by atoms with E-state index in [0.29, 0.717) is 24.3 Å². The number of halogens is 2. The summed E-state index contributed by atoms with van der Waals surface area (Å²) >= 11 is 7.05. The third-order valence-electron chi connectivity index (χ3n) is 3.79. The summed E-state index contributed by atoms with van der Waals surface area (Å²) in [6.07, 6.45) is 7.14. The van der Waals surface area contributed by atoms with Crippen molar-refractivity contribution in [2.24, 2.45) is 0 Å². The molecule has 2 N–H and O–H groups in total. The molecule has 7 nitrogen and oxygen atoms in total. The molecule has 1 fully saturated rings. The van der Waals surface area contributed by atoms with E-state index in [1.54, 1.807) is 6.20 Å². The molecule has 146 valence electrons. The van der Waals surface area contributed by atoms with Crippen LogP contribution in [0.15, 0.2) is 21.2 Å². The molecular formula is C18H18Br2NNaO6. The molecule has 1 aromatic carbocycles. The van der Waals surface area contributed by atoms with E-state index in [1.165, 1.54) is 0 Å². The van der Waals surface area contributed by atoms with Crippen LogP contribution in [0.25, 0.3) is 10.9 Å². The van der Waals surface area contributed by atoms with Crippen LogP contribution in [-0.2, 0) is 9.53 Å². The maximum atomic E-state index is 9.90. The van der Waals surface area contributed by atoms with Gasteiger partial charge in [-0.3, -0.25) is 0 Å². The number of aromatic nitrogens is 1. The first-order valence-electron chi connectivity index (χ1n) is 8.02. The predicted molar refractivity (Wildman–Crippen MR) is 104 cm³/mol. The molecule has 1 aliphatic rings. The summed E-state index contributed by atoms with van der Waals surface area (Å²) in [5.41, 5.74) is 0.876. The van der Waals surface area contributed by atoms with E-state index in [0.717, 1.165) is 19.8 Å². The third-order valence-corrected chi connectivity index (χ3v) is 5.14. The molecule has 2 aromatic rings. The van der Waals surface area contributed by atoms with Gasteiger partial charge in [0.25, 0.3) is 0 Å². The maximum absolute atomic E-state index is 9.90. The molecule has 1 saturated heterocycles. The molecule has 3 atom stereocenters. The predicted octanol–water partition coefficient (Wildman–Crippen LogP) is -0.660. The zero-order valence-corrected chi connectivity index (χ0v) is 20.6. The Hall–Kier alpha value is -0.730. The average molecular weight is 527 g/mol. The van der Waals surface area contributed by atoms with Gasteiger partial charge in [-0.25, -0.2) is 0 Å². The summed E-state index contributed by atoms with van der Waals surface area (Å²) in [6.45, 7) is 1.59. The van der Waals surface area contributed by atoms with E-state index in [2.05, 4.69) is 42.8 Å². The maximum Gasteiger partial charge on any atom is 1.00 e. The fourth-order valence-corrected chi connectivity index (χ4v) is 4.34. The van der Waals surface area contributed by atoms with Crippen LogP contribution in [-0.4, -0.2) is 41.7 Å². The molecule has 0 radical (unpaired) electrons. The summed E-state index contributed by atoms with van der Waals surface area (Å²) in [5, 5.41) is 19.0. The molecule has 1 aliphatic heterocycles. The van der Waals surface area contributed by atoms with Gasteiger partial charge >= 0.3 is 29.6 Å². The Morgan fingerprint density at radius 1 is 1.50 bits per heavy atom. The number of terminal acetylenes is 1. The number of aromatic amines is 1. The Labute approximate surface area is 201 Å². The van der Waals surface area contributed by atoms with Gasteiger partial charge in [0.1, 0.15) is 18.1 Å². The van der Waals surface area contributed by atoms with Gasteiger partial charge in [-0.2, -0.15) is 0 Å². The second kappa shape index (κ2) is 12.1. The van der Waals surface area contributed by atoms with Crippen LogP contribution in [0.4, 0.5) is 0 Å². The summed E-state index contributed by atoms with van der Waals surface area (Å²) < 4.78 is 18.9. The molecule has 0 amide bonds. The van der Waals surface area contributed by atoms with Crippen LogP contribution in [0.5, 0.6) is 11.5 Å². The minimum Gasteiger partial charge on any atom is -0.554 e. The van der Waals surface area contributed by atoms with Crippen molar-refractivity contribution in [1.82, 2.24) is 4.98 Å². The normalized spacial score (nSPS) is 20.9. The Morgan fingerprint density at radius 3 is 2.79 bits per heavy atom. The van der Waals surface area contributed by atoms with Crippen LogP contribution in [0.3, 0.4) is 0 Å². The van der Waals surface area contributed by atoms with Crippen molar-refractivity contribution in [3.8, 4) is 23.8 Å². The minimum atomic E-state index is -0.500. The van der Waals surface area contributed by atoms with Crippen LogP contribution >= 0.6 is 31.9 Å². The molecule has 0 aliphatic carbocycles. The van der Waals surface area contributed by atoms with E-state index >= 15 is 0 Å². The standard InChI is InChI=1S/C17H17Br2NO4.CH2O2.Na/c1-3-4-22-17-11(18)7-12-15(16(17)19)13(8-20-12)24-14-6-10(21)5-9(2)23-14;2-1-3;/h1,7-10,14,20-21H,4-6H2,2H3;1H,(H,2,3);/q;;+1/p-1. The van der Waals surface area contributed by atoms with Crippen molar-refractivity contribution >= 4 is 49.2 Å². The van der Waals surface area contributed by atoms with E-state index in [1.807, 2.05) is 13.0 Å². The van der Waals surface area contributed by atoms with Crippen LogP contribution in [0.1, 0.15) is 19.8 Å². The first kappa shape index (κ1) is 25.3. The number of aliphatic hydroxyl groups excluding tert-OH is 1. The fourth-order valence-electron chi connectivity index (χ4n) is 2.80. The molecule has 10 heteroatoms. The number of fused-ring (bicyclic) bond motifs is 1. The number of benzene rings is 1. The molecule has 0 bridgehead atoms. The van der Waals surface area contributed by atoms with E-state index in [4.69, 9.17) is 30.5 Å². The average Bonchev–Trinajstić information content (AvgIpc) is 2.97. The van der Waals surface area contributed by atoms with Gasteiger partial charge in [0.15, 0.2) is 0 Å². The largest absolute Gasteiger partial charge is 1.00 e. The van der Waals surface area contributed by atoms with Crippen molar-refractivity contribution in [3.05, 3.63) is 21.2 Å². The first-order valence-corrected chi connectivity index (χ1v) is 9.60. The van der Waals surface area contributed by atoms with Gasteiger partial charge in [-0.15, -0.1) is 6.42 Å². The van der Waals surface area contributed by atoms with Gasteiger partial charge in [0.05, 0.1) is 32.1 Å². The number of aliphatic hydroxyl groups is 1. The second-order valence-electron chi connectivity index (χ2n) is 5.79. The topological polar surface area (TPSA) is 104 Å². The van der Waals surface area contributed by atoms with Crippen LogP contribution in [0, 0.1) is 12.3 Å². The monoisotopic (exact) mass is 525 g/mol. The number of rotatable bonds is 4. The van der Waals surface area contributed by atoms with Crippen LogP contribution < -0.4 is 44.1 Å². The Morgan fingerprint density at radius 2 is 2.18 bits per heavy atom. The Balaban J connectivity index is 0.000000921. The van der Waals surface area contributed by atoms with Gasteiger partial charge in [0.2, 0.25) is 6.29 Å². The zero-order valence-electron chi connectivity index (χ0n) is 15.4. The summed E-state index contributed by atoms with van der Waals surface area (Å²) in [5.74, 6) is 3.69. The first-order chi connectivity index (χ1) is 12.9. The van der Waals surface area contributed by atoms with Crippen molar-refractivity contribution < 1.29 is 58.8 Å². The number of hydrogen-bond acceptors (Lipinski definition) is 6. The van der Waals surface area contributed by atoms with Crippen molar-refractivity contribution in [2.75, 3.05) is 6.61 Å². The van der Waals surface area contributed by atoms with Gasteiger partial charge in [-0.05, 0) is 51.3 Å². The summed E-state index contributed by atoms with van der Waals surface area (Å²) in [4.78, 5) is 11.4. The van der Waals surface area contributed by atoms with Gasteiger partial charge < -0.3 is 34.2 Å². The Bertz CT molecular complexity index is 828. The number of nitrogens with one attached hydrogen (secondary N) is 1. The summed E-state index contributed by atoms with van der Waals surface area (Å²) in [6, 6.07) is 1.90. The smallest absolute Gasteiger partial charge is 0.554 e. The molecule has 0 spiro atoms.